The largest absolute Gasteiger partial charge is 0.370 e. The first-order chi connectivity index (χ1) is 14.8. The maximum atomic E-state index is 12.2. The molecule has 0 bridgehead atoms. The predicted octanol–water partition coefficient (Wildman–Crippen LogP) is 2.42. The number of carbonyl (C=O) groups excluding carboxylic acids is 1. The Morgan fingerprint density at radius 2 is 1.94 bits per heavy atom. The lowest BCUT2D eigenvalue weighted by molar-refractivity contribution is -0.114. The third-order valence-electron chi connectivity index (χ3n) is 5.41. The molecule has 0 aliphatic heterocycles. The van der Waals surface area contributed by atoms with Gasteiger partial charge in [0.15, 0.2) is 5.96 Å². The summed E-state index contributed by atoms with van der Waals surface area (Å²) < 4.78 is 2.26. The van der Waals surface area contributed by atoms with Gasteiger partial charge in [-0.2, -0.15) is 0 Å². The standard InChI is InChI=1S/C23H27N7O/c1-14-16-6-4-5-7-18(16)28-22-21(14)17-12-15(27-20(31)13-26-23(24)25)8-9-19(17)30(22)11-10-29(2)3/h4-9,12H,10-11,13H2,1-3H3,(H,27,31)(H4,24,25,26). The zero-order chi connectivity index (χ0) is 22.1. The van der Waals surface area contributed by atoms with Crippen molar-refractivity contribution in [3.05, 3.63) is 48.0 Å². The Labute approximate surface area is 180 Å². The summed E-state index contributed by atoms with van der Waals surface area (Å²) in [5.41, 5.74) is 15.5. The molecular weight excluding hydrogens is 390 g/mol. The number of aryl methyl sites for hydroxylation is 1. The Morgan fingerprint density at radius 3 is 2.68 bits per heavy atom. The molecule has 8 nitrogen and oxygen atoms in total. The van der Waals surface area contributed by atoms with Crippen molar-refractivity contribution in [1.82, 2.24) is 14.5 Å². The number of hydrogen-bond donors (Lipinski definition) is 3. The van der Waals surface area contributed by atoms with Crippen molar-refractivity contribution in [3.63, 3.8) is 0 Å². The number of fused-ring (bicyclic) bond motifs is 4. The van der Waals surface area contributed by atoms with E-state index >= 15 is 0 Å². The SMILES string of the molecule is Cc1c2ccccc2nc2c1c1cc(NC(=O)CN=C(N)N)ccc1n2CCN(C)C. The van der Waals surface area contributed by atoms with E-state index in [4.69, 9.17) is 16.5 Å². The summed E-state index contributed by atoms with van der Waals surface area (Å²) in [7, 11) is 4.12. The van der Waals surface area contributed by atoms with Crippen LogP contribution in [0.2, 0.25) is 0 Å². The number of aromatic nitrogens is 2. The summed E-state index contributed by atoms with van der Waals surface area (Å²) in [5, 5.41) is 6.17. The first-order valence-electron chi connectivity index (χ1n) is 10.2. The molecule has 0 spiro atoms. The number of nitrogens with one attached hydrogen (secondary N) is 1. The minimum atomic E-state index is -0.274. The molecule has 4 aromatic rings. The van der Waals surface area contributed by atoms with Crippen molar-refractivity contribution in [1.29, 1.82) is 0 Å². The van der Waals surface area contributed by atoms with Gasteiger partial charge in [0, 0.05) is 34.9 Å². The Bertz CT molecular complexity index is 1320. The zero-order valence-corrected chi connectivity index (χ0v) is 18.0. The highest BCUT2D eigenvalue weighted by atomic mass is 16.1. The third kappa shape index (κ3) is 4.02. The second-order valence-corrected chi connectivity index (χ2v) is 7.93. The van der Waals surface area contributed by atoms with E-state index in [1.165, 1.54) is 5.56 Å². The molecule has 1 amide bonds. The molecule has 2 aromatic heterocycles. The smallest absolute Gasteiger partial charge is 0.246 e. The molecule has 0 unspecified atom stereocenters. The summed E-state index contributed by atoms with van der Waals surface area (Å²) in [6.45, 7) is 3.72. The summed E-state index contributed by atoms with van der Waals surface area (Å²) in [6, 6.07) is 14.1. The van der Waals surface area contributed by atoms with Crippen LogP contribution in [-0.4, -0.2) is 53.5 Å². The van der Waals surface area contributed by atoms with Crippen LogP contribution in [0.25, 0.3) is 32.8 Å². The lowest BCUT2D eigenvalue weighted by Crippen LogP contribution is -2.25. The van der Waals surface area contributed by atoms with E-state index in [9.17, 15) is 4.79 Å². The average Bonchev–Trinajstić information content (AvgIpc) is 3.03. The van der Waals surface area contributed by atoms with Crippen LogP contribution >= 0.6 is 0 Å². The van der Waals surface area contributed by atoms with Crippen molar-refractivity contribution in [3.8, 4) is 0 Å². The number of benzene rings is 2. The van der Waals surface area contributed by atoms with Crippen LogP contribution in [0.4, 0.5) is 5.69 Å². The monoisotopic (exact) mass is 417 g/mol. The fourth-order valence-electron chi connectivity index (χ4n) is 3.93. The fourth-order valence-corrected chi connectivity index (χ4v) is 3.93. The number of anilines is 1. The molecule has 160 valence electrons. The third-order valence-corrected chi connectivity index (χ3v) is 5.41. The van der Waals surface area contributed by atoms with Gasteiger partial charge in [0.05, 0.1) is 11.0 Å². The van der Waals surface area contributed by atoms with E-state index < -0.39 is 0 Å². The van der Waals surface area contributed by atoms with E-state index in [1.54, 1.807) is 0 Å². The van der Waals surface area contributed by atoms with E-state index in [2.05, 4.69) is 46.9 Å². The normalized spacial score (nSPS) is 11.5. The lowest BCUT2D eigenvalue weighted by Gasteiger charge is -2.12. The Hall–Kier alpha value is -3.65. The lowest BCUT2D eigenvalue weighted by atomic mass is 10.0. The number of nitrogens with zero attached hydrogens (tertiary/aromatic N) is 4. The number of aliphatic imine (C=N–C) groups is 1. The molecule has 5 N–H and O–H groups in total. The van der Waals surface area contributed by atoms with Gasteiger partial charge < -0.3 is 26.3 Å². The number of nitrogens with two attached hydrogens (primary N) is 2. The Morgan fingerprint density at radius 1 is 1.16 bits per heavy atom. The maximum absolute atomic E-state index is 12.2. The van der Waals surface area contributed by atoms with E-state index in [0.717, 1.165) is 45.9 Å². The van der Waals surface area contributed by atoms with E-state index in [1.807, 2.05) is 36.4 Å². The highest BCUT2D eigenvalue weighted by molar-refractivity contribution is 6.14. The van der Waals surface area contributed by atoms with E-state index in [0.29, 0.717) is 5.69 Å². The van der Waals surface area contributed by atoms with Crippen LogP contribution in [0, 0.1) is 6.92 Å². The van der Waals surface area contributed by atoms with Gasteiger partial charge in [0.25, 0.3) is 0 Å². The van der Waals surface area contributed by atoms with Crippen molar-refractivity contribution in [2.75, 3.05) is 32.5 Å². The molecule has 0 radical (unpaired) electrons. The number of likely N-dealkylation sites (N-methyl/N-ethyl adjacent to an activating group) is 1. The quantitative estimate of drug-likeness (QED) is 0.329. The molecule has 0 atom stereocenters. The topological polar surface area (TPSA) is 115 Å². The van der Waals surface area contributed by atoms with Crippen molar-refractivity contribution >= 4 is 50.4 Å². The van der Waals surface area contributed by atoms with Crippen LogP contribution in [-0.2, 0) is 11.3 Å². The molecule has 2 heterocycles. The minimum absolute atomic E-state index is 0.108. The van der Waals surface area contributed by atoms with Gasteiger partial charge in [-0.1, -0.05) is 18.2 Å². The Balaban J connectivity index is 1.89. The average molecular weight is 418 g/mol. The van der Waals surface area contributed by atoms with Crippen molar-refractivity contribution in [2.45, 2.75) is 13.5 Å². The first kappa shape index (κ1) is 20.6. The number of hydrogen-bond acceptors (Lipinski definition) is 4. The Kier molecular flexibility index (Phi) is 5.48. The van der Waals surface area contributed by atoms with Crippen molar-refractivity contribution in [2.24, 2.45) is 16.5 Å². The molecule has 4 rings (SSSR count). The molecule has 31 heavy (non-hydrogen) atoms. The molecule has 8 heteroatoms. The van der Waals surface area contributed by atoms with Gasteiger partial charge >= 0.3 is 0 Å². The summed E-state index contributed by atoms with van der Waals surface area (Å²) in [5.74, 6) is -0.382. The van der Waals surface area contributed by atoms with Gasteiger partial charge in [-0.25, -0.2) is 9.98 Å². The summed E-state index contributed by atoms with van der Waals surface area (Å²) >= 11 is 0. The molecule has 0 aliphatic rings. The molecule has 0 aliphatic carbocycles. The predicted molar refractivity (Wildman–Crippen MR) is 127 cm³/mol. The molecule has 0 fully saturated rings. The van der Waals surface area contributed by atoms with E-state index in [-0.39, 0.29) is 18.4 Å². The van der Waals surface area contributed by atoms with Crippen LogP contribution < -0.4 is 16.8 Å². The van der Waals surface area contributed by atoms with Gasteiger partial charge in [0.2, 0.25) is 5.91 Å². The van der Waals surface area contributed by atoms with Crippen LogP contribution in [0.15, 0.2) is 47.5 Å². The minimum Gasteiger partial charge on any atom is -0.370 e. The highest BCUT2D eigenvalue weighted by Gasteiger charge is 2.17. The molecular formula is C23H27N7O. The van der Waals surface area contributed by atoms with Gasteiger partial charge in [-0.3, -0.25) is 4.79 Å². The van der Waals surface area contributed by atoms with Crippen LogP contribution in [0.1, 0.15) is 5.56 Å². The fraction of sp³-hybridized carbons (Fsp3) is 0.261. The molecule has 0 saturated heterocycles. The second kappa shape index (κ2) is 8.23. The number of amides is 1. The summed E-state index contributed by atoms with van der Waals surface area (Å²) in [4.78, 5) is 23.1. The highest BCUT2D eigenvalue weighted by Crippen LogP contribution is 2.35. The van der Waals surface area contributed by atoms with Crippen LogP contribution in [0.3, 0.4) is 0 Å². The number of guanidine groups is 1. The van der Waals surface area contributed by atoms with Gasteiger partial charge in [0.1, 0.15) is 12.2 Å². The first-order valence-corrected chi connectivity index (χ1v) is 10.2. The second-order valence-electron chi connectivity index (χ2n) is 7.93. The molecule has 2 aromatic carbocycles. The van der Waals surface area contributed by atoms with Crippen molar-refractivity contribution < 1.29 is 4.79 Å². The number of rotatable bonds is 6. The number of para-hydroxylation sites is 1. The maximum Gasteiger partial charge on any atom is 0.246 e. The zero-order valence-electron chi connectivity index (χ0n) is 18.0. The summed E-state index contributed by atoms with van der Waals surface area (Å²) in [6.07, 6.45) is 0. The van der Waals surface area contributed by atoms with Gasteiger partial charge in [-0.05, 0) is 50.8 Å². The number of carbonyl (C=O) groups is 1. The number of pyridine rings is 1. The molecule has 0 saturated carbocycles. The van der Waals surface area contributed by atoms with Crippen LogP contribution in [0.5, 0.6) is 0 Å². The van der Waals surface area contributed by atoms with Gasteiger partial charge in [-0.15, -0.1) is 0 Å².